The number of carbonyl (C=O) groups excluding carboxylic acids is 1. The third-order valence-corrected chi connectivity index (χ3v) is 4.32. The number of likely N-dealkylation sites (tertiary alicyclic amines) is 1. The minimum absolute atomic E-state index is 0.263. The van der Waals surface area contributed by atoms with Crippen LogP contribution in [0.25, 0.3) is 11.4 Å². The first-order valence-electron chi connectivity index (χ1n) is 7.87. The van der Waals surface area contributed by atoms with Crippen LogP contribution in [0.15, 0.2) is 30.7 Å². The molecule has 5 heteroatoms. The predicted octanol–water partition coefficient (Wildman–Crippen LogP) is 2.28. The summed E-state index contributed by atoms with van der Waals surface area (Å²) >= 11 is 0. The second kappa shape index (κ2) is 6.30. The Balaban J connectivity index is 1.69. The smallest absolute Gasteiger partial charge is 0.222 e. The van der Waals surface area contributed by atoms with E-state index in [9.17, 15) is 4.79 Å². The molecular formula is C17H22N4O. The Kier molecular flexibility index (Phi) is 4.22. The van der Waals surface area contributed by atoms with E-state index in [-0.39, 0.29) is 5.91 Å². The van der Waals surface area contributed by atoms with E-state index >= 15 is 0 Å². The molecule has 0 aromatic carbocycles. The minimum Gasteiger partial charge on any atom is -0.342 e. The molecule has 1 aliphatic heterocycles. The van der Waals surface area contributed by atoms with Crippen LogP contribution in [0.5, 0.6) is 0 Å². The summed E-state index contributed by atoms with van der Waals surface area (Å²) in [6.07, 6.45) is 6.22. The fourth-order valence-electron chi connectivity index (χ4n) is 3.09. The van der Waals surface area contributed by atoms with Crippen molar-refractivity contribution >= 4 is 5.91 Å². The van der Waals surface area contributed by atoms with E-state index in [0.29, 0.717) is 12.3 Å². The highest BCUT2D eigenvalue weighted by atomic mass is 16.2. The maximum atomic E-state index is 11.8. The molecule has 0 saturated carbocycles. The molecule has 1 amide bonds. The van der Waals surface area contributed by atoms with E-state index in [1.165, 1.54) is 0 Å². The van der Waals surface area contributed by atoms with Crippen LogP contribution in [0, 0.1) is 5.92 Å². The minimum atomic E-state index is 0.263. The highest BCUT2D eigenvalue weighted by Gasteiger charge is 2.25. The highest BCUT2D eigenvalue weighted by Crippen LogP contribution is 2.22. The Bertz CT molecular complexity index is 664. The zero-order valence-corrected chi connectivity index (χ0v) is 13.2. The van der Waals surface area contributed by atoms with Crippen LogP contribution < -0.4 is 0 Å². The van der Waals surface area contributed by atoms with Gasteiger partial charge >= 0.3 is 0 Å². The molecule has 0 unspecified atom stereocenters. The molecule has 3 rings (SSSR count). The topological polar surface area (TPSA) is 51.0 Å². The Morgan fingerprint density at radius 2 is 2.27 bits per heavy atom. The monoisotopic (exact) mass is 298 g/mol. The van der Waals surface area contributed by atoms with E-state index in [0.717, 1.165) is 43.0 Å². The van der Waals surface area contributed by atoms with E-state index in [1.54, 1.807) is 6.33 Å². The van der Waals surface area contributed by atoms with Gasteiger partial charge in [0.1, 0.15) is 0 Å². The van der Waals surface area contributed by atoms with Gasteiger partial charge in [-0.05, 0) is 30.9 Å². The second-order valence-corrected chi connectivity index (χ2v) is 5.96. The average Bonchev–Trinajstić information content (AvgIpc) is 3.16. The summed E-state index contributed by atoms with van der Waals surface area (Å²) in [6, 6.07) is 6.14. The molecule has 0 spiro atoms. The van der Waals surface area contributed by atoms with Gasteiger partial charge in [0.15, 0.2) is 0 Å². The molecule has 1 saturated heterocycles. The maximum absolute atomic E-state index is 11.8. The van der Waals surface area contributed by atoms with Gasteiger partial charge in [-0.2, -0.15) is 0 Å². The summed E-state index contributed by atoms with van der Waals surface area (Å²) in [5, 5.41) is 0. The van der Waals surface area contributed by atoms with Crippen LogP contribution in [0.4, 0.5) is 0 Å². The van der Waals surface area contributed by atoms with Gasteiger partial charge in [-0.15, -0.1) is 0 Å². The van der Waals surface area contributed by atoms with E-state index in [4.69, 9.17) is 4.98 Å². The molecule has 1 aliphatic rings. The summed E-state index contributed by atoms with van der Waals surface area (Å²) in [6.45, 7) is 3.68. The Morgan fingerprint density at radius 3 is 3.00 bits per heavy atom. The molecule has 2 aromatic heterocycles. The number of hydrogen-bond donors (Lipinski definition) is 0. The van der Waals surface area contributed by atoms with E-state index < -0.39 is 0 Å². The first kappa shape index (κ1) is 14.8. The Labute approximate surface area is 131 Å². The molecule has 116 valence electrons. The fourth-order valence-corrected chi connectivity index (χ4v) is 3.09. The quantitative estimate of drug-likeness (QED) is 0.870. The lowest BCUT2D eigenvalue weighted by atomic mass is 10.0. The van der Waals surface area contributed by atoms with Gasteiger partial charge in [0.05, 0.1) is 23.9 Å². The third kappa shape index (κ3) is 3.03. The lowest BCUT2D eigenvalue weighted by Crippen LogP contribution is -2.28. The molecule has 5 nitrogen and oxygen atoms in total. The van der Waals surface area contributed by atoms with Crippen LogP contribution in [0.2, 0.25) is 0 Å². The highest BCUT2D eigenvalue weighted by molar-refractivity contribution is 5.76. The standard InChI is InChI=1S/C17H22N4O/c1-3-17(22)21-8-7-13(11-21)9-14-5-4-6-15(19-14)16-10-18-12-20(16)2/h4-6,10,12-13H,3,7-9,11H2,1-2H3/t13-/m1/s1. The number of carbonyl (C=O) groups is 1. The molecule has 0 radical (unpaired) electrons. The van der Waals surface area contributed by atoms with Crippen molar-refractivity contribution in [1.29, 1.82) is 0 Å². The van der Waals surface area contributed by atoms with Crippen molar-refractivity contribution in [2.75, 3.05) is 13.1 Å². The van der Waals surface area contributed by atoms with Crippen molar-refractivity contribution in [3.63, 3.8) is 0 Å². The van der Waals surface area contributed by atoms with Crippen molar-refractivity contribution in [2.24, 2.45) is 13.0 Å². The van der Waals surface area contributed by atoms with Crippen molar-refractivity contribution in [2.45, 2.75) is 26.2 Å². The molecule has 0 N–H and O–H groups in total. The molecular weight excluding hydrogens is 276 g/mol. The summed E-state index contributed by atoms with van der Waals surface area (Å²) < 4.78 is 1.98. The molecule has 1 atom stereocenters. The van der Waals surface area contributed by atoms with Gasteiger partial charge in [-0.1, -0.05) is 13.0 Å². The molecule has 3 heterocycles. The fraction of sp³-hybridized carbons (Fsp3) is 0.471. The largest absolute Gasteiger partial charge is 0.342 e. The number of imidazole rings is 1. The number of nitrogens with zero attached hydrogens (tertiary/aromatic N) is 4. The zero-order valence-electron chi connectivity index (χ0n) is 13.2. The van der Waals surface area contributed by atoms with Crippen LogP contribution in [-0.2, 0) is 18.3 Å². The first-order valence-corrected chi connectivity index (χ1v) is 7.87. The molecule has 22 heavy (non-hydrogen) atoms. The number of rotatable bonds is 4. The van der Waals surface area contributed by atoms with Gasteiger partial charge < -0.3 is 9.47 Å². The first-order chi connectivity index (χ1) is 10.7. The van der Waals surface area contributed by atoms with Gasteiger partial charge in [-0.3, -0.25) is 9.78 Å². The lowest BCUT2D eigenvalue weighted by Gasteiger charge is -2.15. The van der Waals surface area contributed by atoms with Crippen molar-refractivity contribution < 1.29 is 4.79 Å². The number of hydrogen-bond acceptors (Lipinski definition) is 3. The SMILES string of the molecule is CCC(=O)N1CC[C@H](Cc2cccc(-c3cncn3C)n2)C1. The van der Waals surface area contributed by atoms with Crippen LogP contribution in [0.1, 0.15) is 25.5 Å². The van der Waals surface area contributed by atoms with Gasteiger partial charge in [-0.25, -0.2) is 4.98 Å². The normalized spacial score (nSPS) is 17.9. The Hall–Kier alpha value is -2.17. The molecule has 1 fully saturated rings. The van der Waals surface area contributed by atoms with Gasteiger partial charge in [0.25, 0.3) is 0 Å². The second-order valence-electron chi connectivity index (χ2n) is 5.96. The van der Waals surface area contributed by atoms with Crippen LogP contribution in [-0.4, -0.2) is 38.4 Å². The van der Waals surface area contributed by atoms with Gasteiger partial charge in [0.2, 0.25) is 5.91 Å². The molecule has 0 aliphatic carbocycles. The zero-order chi connectivity index (χ0) is 15.5. The van der Waals surface area contributed by atoms with Crippen molar-refractivity contribution in [1.82, 2.24) is 19.4 Å². The van der Waals surface area contributed by atoms with Crippen LogP contribution in [0.3, 0.4) is 0 Å². The maximum Gasteiger partial charge on any atom is 0.222 e. The average molecular weight is 298 g/mol. The number of amides is 1. The predicted molar refractivity (Wildman–Crippen MR) is 85.1 cm³/mol. The molecule has 2 aromatic rings. The summed E-state index contributed by atoms with van der Waals surface area (Å²) in [4.78, 5) is 22.7. The van der Waals surface area contributed by atoms with Crippen LogP contribution >= 0.6 is 0 Å². The number of pyridine rings is 1. The Morgan fingerprint density at radius 1 is 1.41 bits per heavy atom. The number of aryl methyl sites for hydroxylation is 1. The summed E-state index contributed by atoms with van der Waals surface area (Å²) in [7, 11) is 1.97. The lowest BCUT2D eigenvalue weighted by molar-refractivity contribution is -0.129. The third-order valence-electron chi connectivity index (χ3n) is 4.32. The van der Waals surface area contributed by atoms with Gasteiger partial charge in [0, 0.05) is 32.3 Å². The van der Waals surface area contributed by atoms with Crippen molar-refractivity contribution in [3.05, 3.63) is 36.4 Å². The summed E-state index contributed by atoms with van der Waals surface area (Å²) in [5.41, 5.74) is 3.07. The number of aromatic nitrogens is 3. The van der Waals surface area contributed by atoms with Crippen molar-refractivity contribution in [3.8, 4) is 11.4 Å². The summed E-state index contributed by atoms with van der Waals surface area (Å²) in [5.74, 6) is 0.781. The van der Waals surface area contributed by atoms with E-state index in [2.05, 4.69) is 17.1 Å². The van der Waals surface area contributed by atoms with E-state index in [1.807, 2.05) is 35.7 Å². The molecule has 0 bridgehead atoms.